The maximum absolute atomic E-state index is 12.8. The molecule has 2 N–H and O–H groups in total. The van der Waals surface area contributed by atoms with E-state index in [-0.39, 0.29) is 28.9 Å². The molecule has 0 aliphatic carbocycles. The second-order valence-electron chi connectivity index (χ2n) is 12.5. The number of rotatable bonds is 7. The summed E-state index contributed by atoms with van der Waals surface area (Å²) >= 11 is 0. The molecule has 2 aliphatic rings. The topological polar surface area (TPSA) is 115 Å². The minimum absolute atomic E-state index is 0.0627. The van der Waals surface area contributed by atoms with E-state index >= 15 is 0 Å². The Bertz CT molecular complexity index is 993. The average Bonchev–Trinajstić information content (AvgIpc) is 3.38. The summed E-state index contributed by atoms with van der Waals surface area (Å²) in [5, 5.41) is 9.52. The number of aliphatic hydroxyl groups excluding tert-OH is 1. The number of hydrogen-bond donors (Lipinski definition) is 2. The van der Waals surface area contributed by atoms with E-state index in [1.807, 2.05) is 0 Å². The zero-order valence-electron chi connectivity index (χ0n) is 22.2. The lowest BCUT2D eigenvalue weighted by molar-refractivity contribution is -0.0443. The highest BCUT2D eigenvalue weighted by Crippen LogP contribution is 2.48. The first-order valence-electron chi connectivity index (χ1n) is 12.0. The van der Waals surface area contributed by atoms with Gasteiger partial charge in [0.2, 0.25) is 0 Å². The quantitative estimate of drug-likeness (QED) is 0.424. The van der Waals surface area contributed by atoms with Crippen LogP contribution in [0.15, 0.2) is 21.9 Å². The molecule has 2 fully saturated rings. The van der Waals surface area contributed by atoms with Gasteiger partial charge in [0.25, 0.3) is 5.56 Å². The summed E-state index contributed by atoms with van der Waals surface area (Å²) in [6, 6.07) is 1.30. The van der Waals surface area contributed by atoms with Crippen molar-refractivity contribution in [3.8, 4) is 0 Å². The van der Waals surface area contributed by atoms with Gasteiger partial charge >= 0.3 is 5.69 Å². The van der Waals surface area contributed by atoms with Gasteiger partial charge in [0.05, 0.1) is 6.61 Å². The Labute approximate surface area is 204 Å². The number of hydrogen-bond acceptors (Lipinski definition) is 7. The van der Waals surface area contributed by atoms with E-state index in [1.54, 1.807) is 0 Å². The average molecular weight is 515 g/mol. The summed E-state index contributed by atoms with van der Waals surface area (Å²) in [6.07, 6.45) is -1.67. The predicted molar refractivity (Wildman–Crippen MR) is 135 cm³/mol. The van der Waals surface area contributed by atoms with Gasteiger partial charge in [-0.25, -0.2) is 4.79 Å². The third-order valence-electron chi connectivity index (χ3n) is 7.95. The Morgan fingerprint density at radius 2 is 1.47 bits per heavy atom. The van der Waals surface area contributed by atoms with E-state index in [1.165, 1.54) is 16.8 Å². The molecule has 9 nitrogen and oxygen atoms in total. The molecule has 0 aromatic carbocycles. The van der Waals surface area contributed by atoms with Crippen LogP contribution in [-0.4, -0.2) is 68.4 Å². The van der Waals surface area contributed by atoms with Crippen molar-refractivity contribution in [2.24, 2.45) is 0 Å². The van der Waals surface area contributed by atoms with Crippen LogP contribution in [0.3, 0.4) is 0 Å². The normalized spacial score (nSPS) is 30.6. The highest BCUT2D eigenvalue weighted by molar-refractivity contribution is 6.74. The van der Waals surface area contributed by atoms with Crippen LogP contribution in [0.1, 0.15) is 47.8 Å². The van der Waals surface area contributed by atoms with Gasteiger partial charge in [-0.1, -0.05) is 41.5 Å². The minimum atomic E-state index is -2.33. The van der Waals surface area contributed by atoms with E-state index in [4.69, 9.17) is 18.3 Å². The fourth-order valence-corrected chi connectivity index (χ4v) is 6.25. The lowest BCUT2D eigenvalue weighted by Crippen LogP contribution is -2.54. The van der Waals surface area contributed by atoms with Crippen molar-refractivity contribution in [3.05, 3.63) is 33.1 Å². The standard InChI is InChI=1S/C23H42N2O7Si2/c1-22(2,3)33(7,8)31-18-17(16-14(13-26)29-16)30-20(25-12-11-15(27)24-21(25)28)19(18)32-34(9,10)23(4,5)6/h11-12,14,16-20,26H,13H2,1-10H3,(H,24,27,28)/t14-,16+,17+,18+,19+,20+/m0/s1. The number of aromatic amines is 1. The molecule has 0 spiro atoms. The summed E-state index contributed by atoms with van der Waals surface area (Å²) in [6.45, 7) is 21.5. The van der Waals surface area contributed by atoms with Gasteiger partial charge in [-0.3, -0.25) is 14.3 Å². The van der Waals surface area contributed by atoms with Crippen LogP contribution in [0, 0.1) is 0 Å². The molecule has 0 bridgehead atoms. The van der Waals surface area contributed by atoms with Crippen molar-refractivity contribution in [1.29, 1.82) is 0 Å². The van der Waals surface area contributed by atoms with Crippen molar-refractivity contribution in [1.82, 2.24) is 9.55 Å². The highest BCUT2D eigenvalue weighted by Gasteiger charge is 2.60. The number of nitrogens with zero attached hydrogens (tertiary/aromatic N) is 1. The molecule has 0 radical (unpaired) electrons. The Hall–Kier alpha value is -1.09. The van der Waals surface area contributed by atoms with Crippen LogP contribution < -0.4 is 11.2 Å². The molecule has 0 amide bonds. The van der Waals surface area contributed by atoms with Crippen LogP contribution in [-0.2, 0) is 18.3 Å². The minimum Gasteiger partial charge on any atom is -0.408 e. The lowest BCUT2D eigenvalue weighted by Gasteiger charge is -2.44. The Morgan fingerprint density at radius 1 is 0.941 bits per heavy atom. The summed E-state index contributed by atoms with van der Waals surface area (Å²) in [7, 11) is -4.61. The molecule has 2 saturated heterocycles. The molecule has 11 heteroatoms. The molecule has 6 atom stereocenters. The van der Waals surface area contributed by atoms with Crippen LogP contribution in [0.4, 0.5) is 0 Å². The first kappa shape index (κ1) is 27.5. The molecular formula is C23H42N2O7Si2. The number of aliphatic hydroxyl groups is 1. The van der Waals surface area contributed by atoms with E-state index < -0.39 is 52.4 Å². The number of epoxide rings is 1. The maximum Gasteiger partial charge on any atom is 0.330 e. The molecule has 3 heterocycles. The van der Waals surface area contributed by atoms with Gasteiger partial charge in [0.15, 0.2) is 22.9 Å². The Balaban J connectivity index is 2.11. The van der Waals surface area contributed by atoms with Crippen LogP contribution in [0.25, 0.3) is 0 Å². The zero-order chi connectivity index (χ0) is 25.9. The molecular weight excluding hydrogens is 472 g/mol. The van der Waals surface area contributed by atoms with Gasteiger partial charge in [-0.15, -0.1) is 0 Å². The van der Waals surface area contributed by atoms with E-state index in [0.717, 1.165) is 0 Å². The third kappa shape index (κ3) is 5.35. The largest absolute Gasteiger partial charge is 0.408 e. The van der Waals surface area contributed by atoms with Gasteiger partial charge in [0.1, 0.15) is 30.5 Å². The Kier molecular flexibility index (Phi) is 7.35. The molecule has 1 aromatic rings. The van der Waals surface area contributed by atoms with Crippen molar-refractivity contribution < 1.29 is 23.4 Å². The molecule has 1 aromatic heterocycles. The van der Waals surface area contributed by atoms with E-state index in [9.17, 15) is 14.7 Å². The lowest BCUT2D eigenvalue weighted by atomic mass is 10.1. The third-order valence-corrected chi connectivity index (χ3v) is 16.9. The van der Waals surface area contributed by atoms with Gasteiger partial charge < -0.3 is 23.4 Å². The van der Waals surface area contributed by atoms with Crippen LogP contribution in [0.2, 0.25) is 36.3 Å². The SMILES string of the molecule is CC(C)(C)[Si](C)(C)O[C@@H]1[C@@H]([C@@H]2O[C@H]2CO)O[C@@H](n2ccc(=O)[nH]c2=O)[C@@H]1O[Si](C)(C)C(C)(C)C. The van der Waals surface area contributed by atoms with Crippen molar-refractivity contribution in [3.63, 3.8) is 0 Å². The summed E-state index contributed by atoms with van der Waals surface area (Å²) in [5.74, 6) is 0. The molecule has 194 valence electrons. The molecule has 3 rings (SSSR count). The molecule has 34 heavy (non-hydrogen) atoms. The monoisotopic (exact) mass is 514 g/mol. The van der Waals surface area contributed by atoms with Gasteiger partial charge in [-0.05, 0) is 36.3 Å². The fourth-order valence-electron chi connectivity index (χ4n) is 3.67. The number of H-pyrrole nitrogens is 1. The number of ether oxygens (including phenoxy) is 2. The van der Waals surface area contributed by atoms with Gasteiger partial charge in [0, 0.05) is 12.3 Å². The predicted octanol–water partition coefficient (Wildman–Crippen LogP) is 2.97. The smallest absolute Gasteiger partial charge is 0.330 e. The van der Waals surface area contributed by atoms with Crippen molar-refractivity contribution >= 4 is 16.6 Å². The molecule has 2 aliphatic heterocycles. The van der Waals surface area contributed by atoms with Crippen LogP contribution in [0.5, 0.6) is 0 Å². The number of nitrogens with one attached hydrogen (secondary N) is 1. The maximum atomic E-state index is 12.8. The summed E-state index contributed by atoms with van der Waals surface area (Å²) in [5.41, 5.74) is -1.04. The van der Waals surface area contributed by atoms with E-state index in [0.29, 0.717) is 0 Å². The summed E-state index contributed by atoms with van der Waals surface area (Å²) < 4.78 is 27.4. The molecule has 0 unspecified atom stereocenters. The molecule has 0 saturated carbocycles. The fraction of sp³-hybridized carbons (Fsp3) is 0.826. The van der Waals surface area contributed by atoms with Crippen molar-refractivity contribution in [2.45, 2.75) is 115 Å². The van der Waals surface area contributed by atoms with Gasteiger partial charge in [-0.2, -0.15) is 0 Å². The zero-order valence-corrected chi connectivity index (χ0v) is 24.2. The second-order valence-corrected chi connectivity index (χ2v) is 22.0. The highest BCUT2D eigenvalue weighted by atomic mass is 28.4. The van der Waals surface area contributed by atoms with E-state index in [2.05, 4.69) is 72.7 Å². The van der Waals surface area contributed by atoms with Crippen LogP contribution >= 0.6 is 0 Å². The number of aromatic nitrogens is 2. The second kappa shape index (κ2) is 9.09. The van der Waals surface area contributed by atoms with Crippen molar-refractivity contribution in [2.75, 3.05) is 6.61 Å². The first-order chi connectivity index (χ1) is 15.4. The Morgan fingerprint density at radius 3 is 1.91 bits per heavy atom. The summed E-state index contributed by atoms with van der Waals surface area (Å²) in [4.78, 5) is 26.8. The first-order valence-corrected chi connectivity index (χ1v) is 17.8.